The summed E-state index contributed by atoms with van der Waals surface area (Å²) >= 11 is 0. The van der Waals surface area contributed by atoms with Gasteiger partial charge >= 0.3 is 0 Å². The fourth-order valence-corrected chi connectivity index (χ4v) is 1.64. The monoisotopic (exact) mass is 168 g/mol. The molecular formula is C10H20N2. The molecule has 0 bridgehead atoms. The van der Waals surface area contributed by atoms with E-state index in [1.54, 1.807) is 0 Å². The minimum atomic E-state index is 0.848. The molecular weight excluding hydrogens is 148 g/mol. The summed E-state index contributed by atoms with van der Waals surface area (Å²) in [5.41, 5.74) is 4.49. The van der Waals surface area contributed by atoms with Crippen LogP contribution in [-0.2, 0) is 0 Å². The molecule has 70 valence electrons. The molecule has 0 radical (unpaired) electrons. The Balaban J connectivity index is 2.25. The number of hydrogen-bond acceptors (Lipinski definition) is 2. The molecule has 1 aliphatic rings. The Morgan fingerprint density at radius 3 is 3.08 bits per heavy atom. The first-order valence-electron chi connectivity index (χ1n) is 5.11. The van der Waals surface area contributed by atoms with Gasteiger partial charge in [0, 0.05) is 12.3 Å². The lowest BCUT2D eigenvalue weighted by Crippen LogP contribution is -2.17. The maximum absolute atomic E-state index is 4.39. The van der Waals surface area contributed by atoms with Crippen molar-refractivity contribution >= 4 is 5.71 Å². The largest absolute Gasteiger partial charge is 0.310 e. The smallest absolute Gasteiger partial charge is 0.0381 e. The Hall–Kier alpha value is -0.530. The lowest BCUT2D eigenvalue weighted by molar-refractivity contribution is 0.496. The van der Waals surface area contributed by atoms with E-state index in [-0.39, 0.29) is 0 Å². The van der Waals surface area contributed by atoms with E-state index in [9.17, 15) is 0 Å². The number of hydrazone groups is 1. The SMILES string of the molecule is CCCN/N=C1\CCCC(C)C1. The van der Waals surface area contributed by atoms with Gasteiger partial charge < -0.3 is 5.43 Å². The van der Waals surface area contributed by atoms with Gasteiger partial charge in [0.1, 0.15) is 0 Å². The first-order valence-corrected chi connectivity index (χ1v) is 5.11. The maximum atomic E-state index is 4.39. The molecule has 0 spiro atoms. The molecule has 1 saturated carbocycles. The summed E-state index contributed by atoms with van der Waals surface area (Å²) in [6.07, 6.45) is 6.28. The second kappa shape index (κ2) is 5.18. The van der Waals surface area contributed by atoms with Crippen LogP contribution >= 0.6 is 0 Å². The van der Waals surface area contributed by atoms with Gasteiger partial charge in [-0.3, -0.25) is 0 Å². The van der Waals surface area contributed by atoms with E-state index < -0.39 is 0 Å². The highest BCUT2D eigenvalue weighted by atomic mass is 15.3. The molecule has 0 amide bonds. The zero-order valence-corrected chi connectivity index (χ0v) is 8.27. The lowest BCUT2D eigenvalue weighted by atomic mass is 9.89. The van der Waals surface area contributed by atoms with Gasteiger partial charge in [0.2, 0.25) is 0 Å². The molecule has 0 heterocycles. The zero-order chi connectivity index (χ0) is 8.81. The van der Waals surface area contributed by atoms with Crippen LogP contribution < -0.4 is 5.43 Å². The maximum Gasteiger partial charge on any atom is 0.0381 e. The lowest BCUT2D eigenvalue weighted by Gasteiger charge is -2.19. The molecule has 2 heteroatoms. The van der Waals surface area contributed by atoms with E-state index in [1.807, 2.05) is 0 Å². The van der Waals surface area contributed by atoms with Gasteiger partial charge in [-0.05, 0) is 38.0 Å². The third kappa shape index (κ3) is 3.24. The third-order valence-electron chi connectivity index (χ3n) is 2.35. The summed E-state index contributed by atoms with van der Waals surface area (Å²) < 4.78 is 0. The molecule has 0 aromatic heterocycles. The molecule has 0 aromatic carbocycles. The van der Waals surface area contributed by atoms with Gasteiger partial charge in [-0.25, -0.2) is 0 Å². The minimum absolute atomic E-state index is 0.848. The third-order valence-corrected chi connectivity index (χ3v) is 2.35. The van der Waals surface area contributed by atoms with E-state index in [2.05, 4.69) is 24.4 Å². The molecule has 0 saturated heterocycles. The van der Waals surface area contributed by atoms with E-state index >= 15 is 0 Å². The van der Waals surface area contributed by atoms with Gasteiger partial charge in [0.25, 0.3) is 0 Å². The van der Waals surface area contributed by atoms with Crippen LogP contribution in [0.15, 0.2) is 5.10 Å². The summed E-state index contributed by atoms with van der Waals surface area (Å²) in [5.74, 6) is 0.848. The van der Waals surface area contributed by atoms with Gasteiger partial charge in [-0.1, -0.05) is 13.8 Å². The highest BCUT2D eigenvalue weighted by Crippen LogP contribution is 2.20. The van der Waals surface area contributed by atoms with Crippen molar-refractivity contribution in [2.24, 2.45) is 11.0 Å². The molecule has 1 unspecified atom stereocenters. The number of rotatable bonds is 3. The van der Waals surface area contributed by atoms with Crippen molar-refractivity contribution in [3.63, 3.8) is 0 Å². The molecule has 2 nitrogen and oxygen atoms in total. The van der Waals surface area contributed by atoms with E-state index in [4.69, 9.17) is 0 Å². The van der Waals surface area contributed by atoms with Crippen LogP contribution in [0.4, 0.5) is 0 Å². The number of hydrogen-bond donors (Lipinski definition) is 1. The van der Waals surface area contributed by atoms with Gasteiger partial charge in [0.15, 0.2) is 0 Å². The van der Waals surface area contributed by atoms with Crippen LogP contribution in [0, 0.1) is 5.92 Å². The van der Waals surface area contributed by atoms with Crippen LogP contribution in [0.25, 0.3) is 0 Å². The van der Waals surface area contributed by atoms with Crippen molar-refractivity contribution in [1.29, 1.82) is 0 Å². The van der Waals surface area contributed by atoms with Gasteiger partial charge in [-0.15, -0.1) is 0 Å². The number of nitrogens with zero attached hydrogens (tertiary/aromatic N) is 1. The van der Waals surface area contributed by atoms with Crippen LogP contribution in [0.3, 0.4) is 0 Å². The van der Waals surface area contributed by atoms with E-state index in [0.29, 0.717) is 0 Å². The molecule has 12 heavy (non-hydrogen) atoms. The molecule has 1 aliphatic carbocycles. The van der Waals surface area contributed by atoms with E-state index in [1.165, 1.54) is 31.4 Å². The molecule has 1 rings (SSSR count). The second-order valence-corrected chi connectivity index (χ2v) is 3.79. The normalized spacial score (nSPS) is 27.5. The summed E-state index contributed by atoms with van der Waals surface area (Å²) in [5, 5.41) is 4.39. The Morgan fingerprint density at radius 2 is 2.42 bits per heavy atom. The Bertz CT molecular complexity index is 152. The Labute approximate surface area is 75.4 Å². The summed E-state index contributed by atoms with van der Waals surface area (Å²) in [7, 11) is 0. The molecule has 0 aromatic rings. The Morgan fingerprint density at radius 1 is 1.58 bits per heavy atom. The highest BCUT2D eigenvalue weighted by molar-refractivity contribution is 5.85. The van der Waals surface area contributed by atoms with Gasteiger partial charge in [0.05, 0.1) is 0 Å². The predicted octanol–water partition coefficient (Wildman–Crippen LogP) is 2.55. The second-order valence-electron chi connectivity index (χ2n) is 3.79. The van der Waals surface area contributed by atoms with Crippen molar-refractivity contribution in [2.75, 3.05) is 6.54 Å². The van der Waals surface area contributed by atoms with Crippen molar-refractivity contribution in [3.05, 3.63) is 0 Å². The van der Waals surface area contributed by atoms with Crippen LogP contribution in [0.5, 0.6) is 0 Å². The molecule has 1 atom stereocenters. The van der Waals surface area contributed by atoms with Crippen molar-refractivity contribution in [2.45, 2.75) is 46.0 Å². The molecule has 1 fully saturated rings. The van der Waals surface area contributed by atoms with Crippen molar-refractivity contribution < 1.29 is 0 Å². The van der Waals surface area contributed by atoms with Crippen LogP contribution in [0.2, 0.25) is 0 Å². The first kappa shape index (κ1) is 9.56. The first-order chi connectivity index (χ1) is 5.83. The quantitative estimate of drug-likeness (QED) is 0.508. The van der Waals surface area contributed by atoms with Crippen LogP contribution in [-0.4, -0.2) is 12.3 Å². The number of nitrogens with one attached hydrogen (secondary N) is 1. The average molecular weight is 168 g/mol. The summed E-state index contributed by atoms with van der Waals surface area (Å²) in [6.45, 7) is 5.49. The van der Waals surface area contributed by atoms with E-state index in [0.717, 1.165) is 18.9 Å². The van der Waals surface area contributed by atoms with Crippen LogP contribution in [0.1, 0.15) is 46.0 Å². The molecule has 1 N–H and O–H groups in total. The highest BCUT2D eigenvalue weighted by Gasteiger charge is 2.13. The standard InChI is InChI=1S/C10H20N2/c1-3-7-11-12-10-6-4-5-9(2)8-10/h9,11H,3-8H2,1-2H3/b12-10+. The summed E-state index contributed by atoms with van der Waals surface area (Å²) in [6, 6.07) is 0. The zero-order valence-electron chi connectivity index (χ0n) is 8.27. The fourth-order valence-electron chi connectivity index (χ4n) is 1.64. The van der Waals surface area contributed by atoms with Crippen molar-refractivity contribution in [3.8, 4) is 0 Å². The van der Waals surface area contributed by atoms with Gasteiger partial charge in [-0.2, -0.15) is 5.10 Å². The minimum Gasteiger partial charge on any atom is -0.310 e. The summed E-state index contributed by atoms with van der Waals surface area (Å²) in [4.78, 5) is 0. The topological polar surface area (TPSA) is 24.4 Å². The average Bonchev–Trinajstić information content (AvgIpc) is 2.05. The Kier molecular flexibility index (Phi) is 4.12. The predicted molar refractivity (Wildman–Crippen MR) is 53.4 cm³/mol. The molecule has 0 aliphatic heterocycles. The fraction of sp³-hybridized carbons (Fsp3) is 0.900. The van der Waals surface area contributed by atoms with Crippen molar-refractivity contribution in [1.82, 2.24) is 5.43 Å².